The molecule has 0 unspecified atom stereocenters. The van der Waals surface area contributed by atoms with Crippen LogP contribution in [0.2, 0.25) is 0 Å². The van der Waals surface area contributed by atoms with Crippen LogP contribution in [0.5, 0.6) is 0 Å². The zero-order chi connectivity index (χ0) is 49.0. The molecule has 0 aliphatic carbocycles. The van der Waals surface area contributed by atoms with Crippen LogP contribution in [0, 0.1) is 0 Å². The Kier molecular flexibility index (Phi) is 10.6. The molecule has 2 heteroatoms. The largest absolute Gasteiger partial charge is 0.309 e. The van der Waals surface area contributed by atoms with E-state index in [2.05, 4.69) is 300 Å². The van der Waals surface area contributed by atoms with Crippen molar-refractivity contribution >= 4 is 43.6 Å². The summed E-state index contributed by atoms with van der Waals surface area (Å²) in [5, 5.41) is 4.97. The minimum absolute atomic E-state index is 1.15. The molecule has 2 nitrogen and oxygen atoms in total. The number of aromatic nitrogens is 2. The molecule has 0 amide bonds. The molecule has 2 heterocycles. The van der Waals surface area contributed by atoms with Crippen molar-refractivity contribution < 1.29 is 0 Å². The van der Waals surface area contributed by atoms with Crippen LogP contribution in [0.1, 0.15) is 0 Å². The lowest BCUT2D eigenvalue weighted by molar-refractivity contribution is 1.18. The number of rotatable bonds is 9. The lowest BCUT2D eigenvalue weighted by Crippen LogP contribution is -1.97. The van der Waals surface area contributed by atoms with Gasteiger partial charge in [0.05, 0.1) is 27.8 Å². The quantitative estimate of drug-likeness (QED) is 0.136. The molecule has 0 aliphatic heterocycles. The fourth-order valence-corrected chi connectivity index (χ4v) is 11.4. The molecule has 12 aromatic carbocycles. The van der Waals surface area contributed by atoms with Gasteiger partial charge < -0.3 is 9.13 Å². The summed E-state index contributed by atoms with van der Waals surface area (Å²) in [7, 11) is 0. The number of benzene rings is 12. The van der Waals surface area contributed by atoms with Crippen molar-refractivity contribution in [3.05, 3.63) is 291 Å². The standard InChI is InChI=1S/C72H48N2/c1-3-18-51(19-4-1)61-28-7-8-29-62(61)58-24-17-23-55(46-58)54-22-15-20-52(44-54)49-36-38-50(39-37-49)53-21-16-25-59(45-53)63-30-9-12-33-68(63)74-70-35-14-11-32-65(70)67-48-57(41-43-72(67)74)56-40-42-71-66(47-56)64-31-10-13-34-69(64)73(71)60-26-5-2-6-27-60/h1-48H. The lowest BCUT2D eigenvalue weighted by atomic mass is 9.92. The second-order valence-electron chi connectivity index (χ2n) is 19.3. The fraction of sp³-hybridized carbons (Fsp3) is 0. The van der Waals surface area contributed by atoms with Gasteiger partial charge in [-0.15, -0.1) is 0 Å². The third kappa shape index (κ3) is 7.52. The molecular weight excluding hydrogens is 893 g/mol. The third-order valence-electron chi connectivity index (χ3n) is 14.9. The molecule has 14 rings (SSSR count). The van der Waals surface area contributed by atoms with E-state index in [9.17, 15) is 0 Å². The highest BCUT2D eigenvalue weighted by Crippen LogP contribution is 2.41. The van der Waals surface area contributed by atoms with Gasteiger partial charge in [0, 0.05) is 32.8 Å². The van der Waals surface area contributed by atoms with E-state index in [0.29, 0.717) is 0 Å². The maximum absolute atomic E-state index is 2.45. The lowest BCUT2D eigenvalue weighted by Gasteiger charge is -2.15. The van der Waals surface area contributed by atoms with Crippen LogP contribution in [0.4, 0.5) is 0 Å². The van der Waals surface area contributed by atoms with Crippen LogP contribution >= 0.6 is 0 Å². The highest BCUT2D eigenvalue weighted by Gasteiger charge is 2.19. The van der Waals surface area contributed by atoms with Crippen molar-refractivity contribution in [1.29, 1.82) is 0 Å². The number of hydrogen-bond acceptors (Lipinski definition) is 0. The molecule has 0 radical (unpaired) electrons. The van der Waals surface area contributed by atoms with Crippen LogP contribution in [0.25, 0.3) is 133 Å². The Morgan fingerprint density at radius 1 is 0.176 bits per heavy atom. The molecule has 0 atom stereocenters. The third-order valence-corrected chi connectivity index (χ3v) is 14.9. The van der Waals surface area contributed by atoms with Crippen molar-refractivity contribution in [2.45, 2.75) is 0 Å². The van der Waals surface area contributed by atoms with Gasteiger partial charge in [-0.3, -0.25) is 0 Å². The van der Waals surface area contributed by atoms with E-state index in [-0.39, 0.29) is 0 Å². The molecule has 0 fully saturated rings. The average Bonchev–Trinajstić information content (AvgIpc) is 4.00. The summed E-state index contributed by atoms with van der Waals surface area (Å²) >= 11 is 0. The number of hydrogen-bond donors (Lipinski definition) is 0. The summed E-state index contributed by atoms with van der Waals surface area (Å²) < 4.78 is 4.83. The fourth-order valence-electron chi connectivity index (χ4n) is 11.4. The first-order chi connectivity index (χ1) is 36.7. The summed E-state index contributed by atoms with van der Waals surface area (Å²) in [6.45, 7) is 0. The van der Waals surface area contributed by atoms with Crippen molar-refractivity contribution in [2.24, 2.45) is 0 Å². The van der Waals surface area contributed by atoms with E-state index in [4.69, 9.17) is 0 Å². The Labute approximate surface area is 431 Å². The number of para-hydroxylation sites is 4. The van der Waals surface area contributed by atoms with Crippen LogP contribution in [-0.2, 0) is 0 Å². The smallest absolute Gasteiger partial charge is 0.0541 e. The van der Waals surface area contributed by atoms with Crippen molar-refractivity contribution in [3.8, 4) is 89.3 Å². The van der Waals surface area contributed by atoms with E-state index in [1.807, 2.05) is 0 Å². The molecule has 0 aliphatic rings. The molecular formula is C72H48N2. The zero-order valence-electron chi connectivity index (χ0n) is 40.6. The highest BCUT2D eigenvalue weighted by molar-refractivity contribution is 6.13. The van der Waals surface area contributed by atoms with E-state index in [1.165, 1.54) is 127 Å². The maximum atomic E-state index is 2.45. The minimum atomic E-state index is 1.15. The van der Waals surface area contributed by atoms with Crippen LogP contribution in [0.3, 0.4) is 0 Å². The van der Waals surface area contributed by atoms with Crippen LogP contribution in [-0.4, -0.2) is 9.13 Å². The molecule has 346 valence electrons. The number of fused-ring (bicyclic) bond motifs is 6. The summed E-state index contributed by atoms with van der Waals surface area (Å²) in [6.07, 6.45) is 0. The Balaban J connectivity index is 0.779. The monoisotopic (exact) mass is 940 g/mol. The summed E-state index contributed by atoms with van der Waals surface area (Å²) in [5.41, 5.74) is 23.9. The van der Waals surface area contributed by atoms with E-state index in [0.717, 1.165) is 5.69 Å². The van der Waals surface area contributed by atoms with Gasteiger partial charge in [-0.25, -0.2) is 0 Å². The average molecular weight is 941 g/mol. The molecule has 14 aromatic rings. The van der Waals surface area contributed by atoms with E-state index < -0.39 is 0 Å². The van der Waals surface area contributed by atoms with Gasteiger partial charge in [-0.2, -0.15) is 0 Å². The number of nitrogens with zero attached hydrogens (tertiary/aromatic N) is 2. The second kappa shape index (κ2) is 18.1. The molecule has 74 heavy (non-hydrogen) atoms. The predicted molar refractivity (Wildman–Crippen MR) is 313 cm³/mol. The van der Waals surface area contributed by atoms with Gasteiger partial charge in [0.2, 0.25) is 0 Å². The Hall–Kier alpha value is -9.76. The van der Waals surface area contributed by atoms with E-state index >= 15 is 0 Å². The van der Waals surface area contributed by atoms with Crippen molar-refractivity contribution in [2.75, 3.05) is 0 Å². The van der Waals surface area contributed by atoms with Crippen molar-refractivity contribution in [1.82, 2.24) is 9.13 Å². The second-order valence-corrected chi connectivity index (χ2v) is 19.3. The SMILES string of the molecule is c1ccc(-c2ccccc2-c2cccc(-c3cccc(-c4ccc(-c5cccc(-c6ccccc6-n6c7ccccc7c7cc(-c8ccc9c(c8)c8ccccc8n9-c8ccccc8)ccc76)c5)cc4)c3)c2)cc1. The Morgan fingerprint density at radius 2 is 0.527 bits per heavy atom. The topological polar surface area (TPSA) is 9.86 Å². The van der Waals surface area contributed by atoms with Crippen LogP contribution < -0.4 is 0 Å². The summed E-state index contributed by atoms with van der Waals surface area (Å²) in [4.78, 5) is 0. The molecule has 0 bridgehead atoms. The summed E-state index contributed by atoms with van der Waals surface area (Å²) in [5.74, 6) is 0. The van der Waals surface area contributed by atoms with Gasteiger partial charge in [0.25, 0.3) is 0 Å². The zero-order valence-corrected chi connectivity index (χ0v) is 40.6. The Morgan fingerprint density at radius 3 is 1.11 bits per heavy atom. The summed E-state index contributed by atoms with van der Waals surface area (Å²) in [6, 6.07) is 106. The molecule has 0 N–H and O–H groups in total. The minimum Gasteiger partial charge on any atom is -0.309 e. The molecule has 0 saturated carbocycles. The first-order valence-electron chi connectivity index (χ1n) is 25.5. The molecule has 0 spiro atoms. The van der Waals surface area contributed by atoms with Gasteiger partial charge in [0.1, 0.15) is 0 Å². The van der Waals surface area contributed by atoms with Gasteiger partial charge >= 0.3 is 0 Å². The molecule has 0 saturated heterocycles. The van der Waals surface area contributed by atoms with Crippen LogP contribution in [0.15, 0.2) is 291 Å². The van der Waals surface area contributed by atoms with E-state index in [1.54, 1.807) is 0 Å². The first kappa shape index (κ1) is 43.1. The van der Waals surface area contributed by atoms with Gasteiger partial charge in [-0.05, 0) is 145 Å². The Bertz CT molecular complexity index is 4400. The van der Waals surface area contributed by atoms with Gasteiger partial charge in [0.15, 0.2) is 0 Å². The van der Waals surface area contributed by atoms with Crippen molar-refractivity contribution in [3.63, 3.8) is 0 Å². The highest BCUT2D eigenvalue weighted by atomic mass is 15.0. The normalized spacial score (nSPS) is 11.5. The molecule has 2 aromatic heterocycles. The first-order valence-corrected chi connectivity index (χ1v) is 25.5. The predicted octanol–water partition coefficient (Wildman–Crippen LogP) is 19.5. The van der Waals surface area contributed by atoms with Gasteiger partial charge in [-0.1, -0.05) is 218 Å². The maximum Gasteiger partial charge on any atom is 0.0541 e.